The molecule has 0 aliphatic carbocycles. The number of nitrogens with zero attached hydrogens (tertiary/aromatic N) is 2. The molecule has 1 saturated heterocycles. The van der Waals surface area contributed by atoms with Gasteiger partial charge in [-0.1, -0.05) is 18.2 Å². The zero-order chi connectivity index (χ0) is 21.3. The van der Waals surface area contributed by atoms with Crippen LogP contribution in [0.2, 0.25) is 0 Å². The van der Waals surface area contributed by atoms with Crippen molar-refractivity contribution in [1.29, 1.82) is 0 Å². The zero-order valence-corrected chi connectivity index (χ0v) is 17.3. The van der Waals surface area contributed by atoms with Crippen molar-refractivity contribution in [1.82, 2.24) is 9.21 Å². The maximum atomic E-state index is 12.9. The van der Waals surface area contributed by atoms with Crippen molar-refractivity contribution in [2.24, 2.45) is 0 Å². The van der Waals surface area contributed by atoms with Crippen molar-refractivity contribution in [2.45, 2.75) is 17.4 Å². The summed E-state index contributed by atoms with van der Waals surface area (Å²) < 4.78 is 37.5. The molecule has 4 rings (SSSR count). The lowest BCUT2D eigenvalue weighted by Crippen LogP contribution is -2.54. The minimum absolute atomic E-state index is 0.178. The van der Waals surface area contributed by atoms with Crippen LogP contribution in [0, 0.1) is 0 Å². The number of benzene rings is 2. The van der Waals surface area contributed by atoms with Crippen LogP contribution in [0.1, 0.15) is 15.9 Å². The largest absolute Gasteiger partial charge is 0.497 e. The van der Waals surface area contributed by atoms with E-state index in [1.165, 1.54) is 23.5 Å². The number of sulfonamides is 1. The first kappa shape index (κ1) is 20.4. The molecular formula is C21H22N2O6S. The summed E-state index contributed by atoms with van der Waals surface area (Å²) in [5, 5.41) is 0. The van der Waals surface area contributed by atoms with Crippen molar-refractivity contribution in [2.75, 3.05) is 33.3 Å². The fourth-order valence-electron chi connectivity index (χ4n) is 3.72. The standard InChI is InChI=1S/C21H22N2O6S/c1-28-16-6-8-17(9-7-16)30(26,27)23-12-10-22(11-13-23)20(24)19-14-15-4-2-3-5-18(15)21(25)29-19/h2-9,19H,10-14H2,1H3/t19-/m0/s1. The topological polar surface area (TPSA) is 93.2 Å². The molecule has 0 spiro atoms. The van der Waals surface area contributed by atoms with E-state index in [0.717, 1.165) is 5.56 Å². The molecular weight excluding hydrogens is 408 g/mol. The number of methoxy groups -OCH3 is 1. The molecule has 0 bridgehead atoms. The Bertz CT molecular complexity index is 1060. The Labute approximate surface area is 175 Å². The third kappa shape index (κ3) is 3.78. The van der Waals surface area contributed by atoms with Crippen LogP contribution < -0.4 is 4.74 Å². The summed E-state index contributed by atoms with van der Waals surface area (Å²) in [6.07, 6.45) is -0.553. The first-order valence-corrected chi connectivity index (χ1v) is 11.1. The number of hydrogen-bond donors (Lipinski definition) is 0. The molecule has 1 atom stereocenters. The van der Waals surface area contributed by atoms with Crippen molar-refractivity contribution in [3.63, 3.8) is 0 Å². The van der Waals surface area contributed by atoms with E-state index in [9.17, 15) is 18.0 Å². The van der Waals surface area contributed by atoms with E-state index >= 15 is 0 Å². The number of fused-ring (bicyclic) bond motifs is 1. The van der Waals surface area contributed by atoms with Gasteiger partial charge in [0.2, 0.25) is 10.0 Å². The summed E-state index contributed by atoms with van der Waals surface area (Å²) >= 11 is 0. The second kappa shape index (κ2) is 8.08. The molecule has 2 aliphatic heterocycles. The van der Waals surface area contributed by atoms with E-state index in [0.29, 0.717) is 17.7 Å². The minimum atomic E-state index is -3.66. The molecule has 158 valence electrons. The van der Waals surface area contributed by atoms with E-state index in [1.54, 1.807) is 29.2 Å². The molecule has 1 fully saturated rings. The third-order valence-corrected chi connectivity index (χ3v) is 7.33. The van der Waals surface area contributed by atoms with Crippen molar-refractivity contribution < 1.29 is 27.5 Å². The SMILES string of the molecule is COc1ccc(S(=O)(=O)N2CCN(C(=O)[C@@H]3Cc4ccccc4C(=O)O3)CC2)cc1. The minimum Gasteiger partial charge on any atom is -0.497 e. The summed E-state index contributed by atoms with van der Waals surface area (Å²) in [6.45, 7) is 0.836. The molecule has 0 saturated carbocycles. The van der Waals surface area contributed by atoms with E-state index in [4.69, 9.17) is 9.47 Å². The van der Waals surface area contributed by atoms with Crippen LogP contribution in [0.15, 0.2) is 53.4 Å². The average molecular weight is 430 g/mol. The van der Waals surface area contributed by atoms with Crippen LogP contribution in [-0.2, 0) is 26.0 Å². The van der Waals surface area contributed by atoms with Crippen molar-refractivity contribution in [3.8, 4) is 5.75 Å². The monoisotopic (exact) mass is 430 g/mol. The summed E-state index contributed by atoms with van der Waals surface area (Å²) in [4.78, 5) is 26.8. The number of amides is 1. The number of carbonyl (C=O) groups excluding carboxylic acids is 2. The van der Waals surface area contributed by atoms with Crippen LogP contribution in [0.25, 0.3) is 0 Å². The predicted octanol–water partition coefficient (Wildman–Crippen LogP) is 1.31. The number of hydrogen-bond acceptors (Lipinski definition) is 6. The normalized spacial score (nSPS) is 19.7. The van der Waals surface area contributed by atoms with Gasteiger partial charge in [0.25, 0.3) is 5.91 Å². The zero-order valence-electron chi connectivity index (χ0n) is 16.5. The van der Waals surface area contributed by atoms with Gasteiger partial charge in [-0.15, -0.1) is 0 Å². The Kier molecular flexibility index (Phi) is 5.48. The molecule has 9 heteroatoms. The molecule has 0 unspecified atom stereocenters. The highest BCUT2D eigenvalue weighted by atomic mass is 32.2. The third-order valence-electron chi connectivity index (χ3n) is 5.41. The quantitative estimate of drug-likeness (QED) is 0.679. The van der Waals surface area contributed by atoms with Gasteiger partial charge in [-0.05, 0) is 35.9 Å². The fraction of sp³-hybridized carbons (Fsp3) is 0.333. The molecule has 0 aromatic heterocycles. The van der Waals surface area contributed by atoms with Crippen LogP contribution >= 0.6 is 0 Å². The number of ether oxygens (including phenoxy) is 2. The molecule has 8 nitrogen and oxygen atoms in total. The average Bonchev–Trinajstić information content (AvgIpc) is 2.78. The summed E-state index contributed by atoms with van der Waals surface area (Å²) in [6, 6.07) is 13.3. The van der Waals surface area contributed by atoms with Gasteiger partial charge in [0.15, 0.2) is 6.10 Å². The maximum Gasteiger partial charge on any atom is 0.339 e. The molecule has 30 heavy (non-hydrogen) atoms. The first-order chi connectivity index (χ1) is 14.4. The second-order valence-corrected chi connectivity index (χ2v) is 9.10. The Morgan fingerprint density at radius 1 is 1.03 bits per heavy atom. The highest BCUT2D eigenvalue weighted by Crippen LogP contribution is 2.24. The van der Waals surface area contributed by atoms with E-state index in [2.05, 4.69) is 0 Å². The summed E-state index contributed by atoms with van der Waals surface area (Å²) in [7, 11) is -2.14. The fourth-order valence-corrected chi connectivity index (χ4v) is 5.14. The first-order valence-electron chi connectivity index (χ1n) is 9.62. The number of rotatable bonds is 4. The van der Waals surface area contributed by atoms with E-state index in [-0.39, 0.29) is 37.0 Å². The Balaban J connectivity index is 1.40. The van der Waals surface area contributed by atoms with Crippen LogP contribution in [0.5, 0.6) is 5.75 Å². The lowest BCUT2D eigenvalue weighted by atomic mass is 9.98. The van der Waals surface area contributed by atoms with Crippen LogP contribution in [0.4, 0.5) is 0 Å². The summed E-state index contributed by atoms with van der Waals surface area (Å²) in [5.74, 6) is -0.219. The molecule has 2 heterocycles. The maximum absolute atomic E-state index is 12.9. The summed E-state index contributed by atoms with van der Waals surface area (Å²) in [5.41, 5.74) is 1.27. The highest BCUT2D eigenvalue weighted by Gasteiger charge is 2.36. The van der Waals surface area contributed by atoms with Gasteiger partial charge >= 0.3 is 5.97 Å². The van der Waals surface area contributed by atoms with Gasteiger partial charge in [-0.3, -0.25) is 4.79 Å². The Hall–Kier alpha value is -2.91. The van der Waals surface area contributed by atoms with Gasteiger partial charge in [0.05, 0.1) is 17.6 Å². The second-order valence-electron chi connectivity index (χ2n) is 7.16. The molecule has 1 amide bonds. The van der Waals surface area contributed by atoms with E-state index in [1.807, 2.05) is 12.1 Å². The van der Waals surface area contributed by atoms with Gasteiger partial charge in [-0.25, -0.2) is 13.2 Å². The molecule has 2 aromatic carbocycles. The predicted molar refractivity (Wildman–Crippen MR) is 108 cm³/mol. The number of carbonyl (C=O) groups is 2. The lowest BCUT2D eigenvalue weighted by Gasteiger charge is -2.36. The number of cyclic esters (lactones) is 1. The molecule has 0 radical (unpaired) electrons. The van der Waals surface area contributed by atoms with Gasteiger partial charge in [0, 0.05) is 32.6 Å². The lowest BCUT2D eigenvalue weighted by molar-refractivity contribution is -0.142. The van der Waals surface area contributed by atoms with Crippen molar-refractivity contribution >= 4 is 21.9 Å². The molecule has 2 aliphatic rings. The van der Waals surface area contributed by atoms with Crippen molar-refractivity contribution in [3.05, 3.63) is 59.7 Å². The Morgan fingerprint density at radius 2 is 1.70 bits per heavy atom. The van der Waals surface area contributed by atoms with Crippen LogP contribution in [-0.4, -0.2) is 68.9 Å². The van der Waals surface area contributed by atoms with E-state index < -0.39 is 22.1 Å². The van der Waals surface area contributed by atoms with Gasteiger partial charge in [-0.2, -0.15) is 4.31 Å². The molecule has 0 N–H and O–H groups in total. The Morgan fingerprint density at radius 3 is 2.37 bits per heavy atom. The smallest absolute Gasteiger partial charge is 0.339 e. The number of piperazine rings is 1. The number of esters is 1. The van der Waals surface area contributed by atoms with Gasteiger partial charge in [0.1, 0.15) is 5.75 Å². The van der Waals surface area contributed by atoms with Gasteiger partial charge < -0.3 is 14.4 Å². The highest BCUT2D eigenvalue weighted by molar-refractivity contribution is 7.89. The van der Waals surface area contributed by atoms with Crippen LogP contribution in [0.3, 0.4) is 0 Å². The molecule has 2 aromatic rings.